The number of amides is 2. The Hall–Kier alpha value is -3.20. The predicted molar refractivity (Wildman–Crippen MR) is 102 cm³/mol. The normalized spacial score (nSPS) is 16.0. The number of phenolic OH excluding ortho intramolecular Hbond substituents is 1. The van der Waals surface area contributed by atoms with Crippen LogP contribution in [0.5, 0.6) is 11.5 Å². The van der Waals surface area contributed by atoms with Crippen molar-refractivity contribution in [3.05, 3.63) is 59.7 Å². The maximum atomic E-state index is 12.5. The number of para-hydroxylation sites is 1. The lowest BCUT2D eigenvalue weighted by Gasteiger charge is -2.26. The summed E-state index contributed by atoms with van der Waals surface area (Å²) in [5.41, 5.74) is 3.56. The Bertz CT molecular complexity index is 886. The average Bonchev–Trinajstić information content (AvgIpc) is 3.07. The van der Waals surface area contributed by atoms with Gasteiger partial charge >= 0.3 is 5.97 Å². The van der Waals surface area contributed by atoms with Crippen molar-refractivity contribution >= 4 is 29.5 Å². The summed E-state index contributed by atoms with van der Waals surface area (Å²) in [5, 5.41) is 10.1. The molecule has 1 heterocycles. The molecule has 1 aliphatic heterocycles. The highest BCUT2D eigenvalue weighted by atomic mass is 32.2. The second kappa shape index (κ2) is 8.66. The van der Waals surface area contributed by atoms with E-state index < -0.39 is 17.3 Å². The van der Waals surface area contributed by atoms with E-state index in [1.165, 1.54) is 48.1 Å². The molecule has 0 bridgehead atoms. The van der Waals surface area contributed by atoms with Crippen LogP contribution in [0.3, 0.4) is 0 Å². The molecule has 0 saturated carbocycles. The number of nitrogens with one attached hydrogen (secondary N) is 1. The van der Waals surface area contributed by atoms with Gasteiger partial charge in [-0.2, -0.15) is 0 Å². The van der Waals surface area contributed by atoms with E-state index in [-0.39, 0.29) is 24.0 Å². The molecule has 0 spiro atoms. The predicted octanol–water partition coefficient (Wildman–Crippen LogP) is 1.86. The number of hydrogen-bond acceptors (Lipinski definition) is 7. The van der Waals surface area contributed by atoms with Gasteiger partial charge in [0, 0.05) is 11.1 Å². The largest absolute Gasteiger partial charge is 0.508 e. The topological polar surface area (TPSA) is 105 Å². The van der Waals surface area contributed by atoms with Crippen LogP contribution in [0.25, 0.3) is 0 Å². The van der Waals surface area contributed by atoms with Crippen LogP contribution in [0.2, 0.25) is 0 Å². The van der Waals surface area contributed by atoms with Crippen LogP contribution in [-0.2, 0) is 14.3 Å². The molecule has 1 fully saturated rings. The first-order valence-corrected chi connectivity index (χ1v) is 9.36. The number of thioether (sulfide) groups is 1. The Morgan fingerprint density at radius 1 is 1.21 bits per heavy atom. The van der Waals surface area contributed by atoms with E-state index in [0.717, 1.165) is 0 Å². The van der Waals surface area contributed by atoms with Crippen molar-refractivity contribution in [1.29, 1.82) is 0 Å². The van der Waals surface area contributed by atoms with Crippen LogP contribution >= 0.6 is 11.8 Å². The number of rotatable bonds is 6. The fraction of sp³-hybridized carbons (Fsp3) is 0.211. The molecule has 1 saturated heterocycles. The van der Waals surface area contributed by atoms with E-state index in [9.17, 15) is 19.5 Å². The van der Waals surface area contributed by atoms with Crippen LogP contribution in [0.1, 0.15) is 21.3 Å². The van der Waals surface area contributed by atoms with Crippen LogP contribution < -0.4 is 10.2 Å². The molecule has 2 aromatic carbocycles. The van der Waals surface area contributed by atoms with Crippen molar-refractivity contribution < 1.29 is 29.0 Å². The summed E-state index contributed by atoms with van der Waals surface area (Å²) in [7, 11) is 1.27. The molecule has 1 aliphatic rings. The van der Waals surface area contributed by atoms with Crippen molar-refractivity contribution in [2.24, 2.45) is 0 Å². The van der Waals surface area contributed by atoms with Gasteiger partial charge in [-0.25, -0.2) is 9.80 Å². The summed E-state index contributed by atoms with van der Waals surface area (Å²) >= 11 is 1.33. The third-order valence-electron chi connectivity index (χ3n) is 3.98. The number of aromatic hydroxyl groups is 1. The van der Waals surface area contributed by atoms with Gasteiger partial charge < -0.3 is 14.6 Å². The van der Waals surface area contributed by atoms with Gasteiger partial charge in [0.1, 0.15) is 16.9 Å². The summed E-state index contributed by atoms with van der Waals surface area (Å²) in [6.07, 6.45) is 0. The second-order valence-electron chi connectivity index (χ2n) is 5.82. The van der Waals surface area contributed by atoms with E-state index in [4.69, 9.17) is 4.74 Å². The maximum Gasteiger partial charge on any atom is 0.343 e. The van der Waals surface area contributed by atoms with E-state index in [1.54, 1.807) is 24.3 Å². The average molecular weight is 402 g/mol. The highest BCUT2D eigenvalue weighted by molar-refractivity contribution is 8.00. The minimum Gasteiger partial charge on any atom is -0.508 e. The van der Waals surface area contributed by atoms with Crippen molar-refractivity contribution in [1.82, 2.24) is 10.4 Å². The maximum absolute atomic E-state index is 12.5. The van der Waals surface area contributed by atoms with Crippen molar-refractivity contribution in [2.45, 2.75) is 5.37 Å². The van der Waals surface area contributed by atoms with Gasteiger partial charge in [0.05, 0.1) is 12.9 Å². The third-order valence-corrected chi connectivity index (χ3v) is 5.17. The minimum atomic E-state index is -0.526. The summed E-state index contributed by atoms with van der Waals surface area (Å²) in [6, 6.07) is 12.7. The number of benzene rings is 2. The summed E-state index contributed by atoms with van der Waals surface area (Å²) in [5.74, 6) is -0.615. The zero-order valence-electron chi connectivity index (χ0n) is 15.0. The first-order chi connectivity index (χ1) is 13.5. The molecule has 28 heavy (non-hydrogen) atoms. The molecule has 1 atom stereocenters. The Kier molecular flexibility index (Phi) is 6.05. The molecule has 3 rings (SSSR count). The second-order valence-corrected chi connectivity index (χ2v) is 6.89. The van der Waals surface area contributed by atoms with Crippen molar-refractivity contribution in [3.8, 4) is 11.5 Å². The molecule has 0 aromatic heterocycles. The number of esters is 1. The highest BCUT2D eigenvalue weighted by Gasteiger charge is 2.36. The number of ether oxygens (including phenoxy) is 2. The zero-order chi connectivity index (χ0) is 20.1. The molecule has 2 aromatic rings. The van der Waals surface area contributed by atoms with Gasteiger partial charge in [-0.3, -0.25) is 15.0 Å². The SMILES string of the molecule is COC(=O)COc1ccccc1C1SCC(=O)N1NC(=O)c1ccc(O)cc1. The van der Waals surface area contributed by atoms with Gasteiger partial charge in [0.15, 0.2) is 6.61 Å². The van der Waals surface area contributed by atoms with Gasteiger partial charge in [-0.05, 0) is 30.3 Å². The van der Waals surface area contributed by atoms with E-state index in [1.807, 2.05) is 0 Å². The number of nitrogens with zero attached hydrogens (tertiary/aromatic N) is 1. The van der Waals surface area contributed by atoms with Gasteiger partial charge in [0.2, 0.25) is 0 Å². The monoisotopic (exact) mass is 402 g/mol. The van der Waals surface area contributed by atoms with Crippen LogP contribution in [-0.4, -0.2) is 47.4 Å². The van der Waals surface area contributed by atoms with Crippen LogP contribution in [0.4, 0.5) is 0 Å². The standard InChI is InChI=1S/C19H18N2O6S/c1-26-17(24)10-27-15-5-3-2-4-14(15)19-21(16(23)11-28-19)20-18(25)12-6-8-13(22)9-7-12/h2-9,19,22H,10-11H2,1H3,(H,20,25). The molecular weight excluding hydrogens is 384 g/mol. The van der Waals surface area contributed by atoms with Crippen LogP contribution in [0.15, 0.2) is 48.5 Å². The van der Waals surface area contributed by atoms with Crippen molar-refractivity contribution in [3.63, 3.8) is 0 Å². The van der Waals surface area contributed by atoms with Gasteiger partial charge in [0.25, 0.3) is 11.8 Å². The third kappa shape index (κ3) is 4.37. The first-order valence-electron chi connectivity index (χ1n) is 8.32. The fourth-order valence-corrected chi connectivity index (χ4v) is 3.71. The molecule has 0 aliphatic carbocycles. The van der Waals surface area contributed by atoms with E-state index in [2.05, 4.69) is 10.2 Å². The summed E-state index contributed by atoms with van der Waals surface area (Å²) in [6.45, 7) is -0.265. The summed E-state index contributed by atoms with van der Waals surface area (Å²) in [4.78, 5) is 36.2. The number of carbonyl (C=O) groups is 3. The molecule has 146 valence electrons. The Morgan fingerprint density at radius 2 is 1.93 bits per heavy atom. The first kappa shape index (κ1) is 19.6. The molecule has 8 nitrogen and oxygen atoms in total. The Morgan fingerprint density at radius 3 is 2.64 bits per heavy atom. The quantitative estimate of drug-likeness (QED) is 0.711. The molecule has 2 amide bonds. The van der Waals surface area contributed by atoms with Gasteiger partial charge in [-0.15, -0.1) is 11.8 Å². The highest BCUT2D eigenvalue weighted by Crippen LogP contribution is 2.41. The number of phenols is 1. The minimum absolute atomic E-state index is 0.0407. The lowest BCUT2D eigenvalue weighted by Crippen LogP contribution is -2.44. The number of carbonyl (C=O) groups excluding carboxylic acids is 3. The van der Waals surface area contributed by atoms with E-state index in [0.29, 0.717) is 16.9 Å². The van der Waals surface area contributed by atoms with Crippen LogP contribution in [0, 0.1) is 0 Å². The number of hydrogen-bond donors (Lipinski definition) is 2. The van der Waals surface area contributed by atoms with Gasteiger partial charge in [-0.1, -0.05) is 18.2 Å². The molecule has 1 unspecified atom stereocenters. The Balaban J connectivity index is 1.79. The number of hydrazine groups is 1. The smallest absolute Gasteiger partial charge is 0.343 e. The Labute approximate surface area is 165 Å². The number of methoxy groups -OCH3 is 1. The summed E-state index contributed by atoms with van der Waals surface area (Å²) < 4.78 is 10.1. The molecule has 9 heteroatoms. The molecule has 0 radical (unpaired) electrons. The van der Waals surface area contributed by atoms with Crippen molar-refractivity contribution in [2.75, 3.05) is 19.5 Å². The lowest BCUT2D eigenvalue weighted by atomic mass is 10.2. The molecular formula is C19H18N2O6S. The van der Waals surface area contributed by atoms with E-state index >= 15 is 0 Å². The molecule has 2 N–H and O–H groups in total. The zero-order valence-corrected chi connectivity index (χ0v) is 15.8. The fourth-order valence-electron chi connectivity index (χ4n) is 2.57. The lowest BCUT2D eigenvalue weighted by molar-refractivity contribution is -0.143.